The molecule has 0 saturated heterocycles. The summed E-state index contributed by atoms with van der Waals surface area (Å²) in [6, 6.07) is 12.2. The fourth-order valence-corrected chi connectivity index (χ4v) is 4.70. The molecule has 5 aromatic rings. The highest BCUT2D eigenvalue weighted by molar-refractivity contribution is 5.98. The molecule has 2 aromatic carbocycles. The van der Waals surface area contributed by atoms with E-state index in [4.69, 9.17) is 9.97 Å². The van der Waals surface area contributed by atoms with Gasteiger partial charge in [-0.2, -0.15) is 10.2 Å². The SMILES string of the molecule is O=C(C1CC1)N1CCCc2ccc(Nc3nc(-c4ccc5cn[nH]c5c4)nc4cn[nH]c34)cc21. The van der Waals surface area contributed by atoms with Gasteiger partial charge in [-0.3, -0.25) is 15.0 Å². The summed E-state index contributed by atoms with van der Waals surface area (Å²) in [4.78, 5) is 24.4. The summed E-state index contributed by atoms with van der Waals surface area (Å²) in [7, 11) is 0. The number of hydrogen-bond donors (Lipinski definition) is 3. The van der Waals surface area contributed by atoms with Crippen LogP contribution in [0.5, 0.6) is 0 Å². The number of nitrogens with one attached hydrogen (secondary N) is 3. The zero-order chi connectivity index (χ0) is 22.6. The molecule has 1 fully saturated rings. The third-order valence-electron chi connectivity index (χ3n) is 6.66. The summed E-state index contributed by atoms with van der Waals surface area (Å²) >= 11 is 0. The first-order chi connectivity index (χ1) is 16.7. The number of carbonyl (C=O) groups excluding carboxylic acids is 1. The lowest BCUT2D eigenvalue weighted by atomic mass is 10.0. The quantitative estimate of drug-likeness (QED) is 0.375. The molecule has 0 atom stereocenters. The van der Waals surface area contributed by atoms with E-state index >= 15 is 0 Å². The smallest absolute Gasteiger partial charge is 0.230 e. The van der Waals surface area contributed by atoms with Crippen LogP contribution in [0.2, 0.25) is 0 Å². The molecule has 0 spiro atoms. The Morgan fingerprint density at radius 1 is 1.03 bits per heavy atom. The van der Waals surface area contributed by atoms with E-state index in [-0.39, 0.29) is 11.8 Å². The first kappa shape index (κ1) is 19.2. The molecule has 0 unspecified atom stereocenters. The van der Waals surface area contributed by atoms with E-state index < -0.39 is 0 Å². The predicted octanol–water partition coefficient (Wildman–Crippen LogP) is 4.33. The largest absolute Gasteiger partial charge is 0.338 e. The summed E-state index contributed by atoms with van der Waals surface area (Å²) in [6.45, 7) is 0.782. The van der Waals surface area contributed by atoms with E-state index in [0.717, 1.165) is 71.1 Å². The molecule has 9 nitrogen and oxygen atoms in total. The molecule has 3 aromatic heterocycles. The van der Waals surface area contributed by atoms with Crippen molar-refractivity contribution in [1.82, 2.24) is 30.4 Å². The molecule has 4 heterocycles. The fourth-order valence-electron chi connectivity index (χ4n) is 4.70. The topological polar surface area (TPSA) is 115 Å². The fraction of sp³-hybridized carbons (Fsp3) is 0.240. The number of benzene rings is 2. The number of fused-ring (bicyclic) bond motifs is 3. The number of carbonyl (C=O) groups is 1. The van der Waals surface area contributed by atoms with Crippen molar-refractivity contribution in [1.29, 1.82) is 0 Å². The molecule has 7 rings (SSSR count). The van der Waals surface area contributed by atoms with Crippen LogP contribution in [-0.2, 0) is 11.2 Å². The van der Waals surface area contributed by atoms with E-state index in [1.807, 2.05) is 29.2 Å². The van der Waals surface area contributed by atoms with Crippen molar-refractivity contribution in [3.8, 4) is 11.4 Å². The van der Waals surface area contributed by atoms with E-state index in [9.17, 15) is 4.79 Å². The van der Waals surface area contributed by atoms with Gasteiger partial charge in [0, 0.05) is 34.8 Å². The Morgan fingerprint density at radius 2 is 1.94 bits per heavy atom. The average molecular weight is 451 g/mol. The van der Waals surface area contributed by atoms with Gasteiger partial charge in [0.05, 0.1) is 17.9 Å². The first-order valence-electron chi connectivity index (χ1n) is 11.6. The minimum absolute atomic E-state index is 0.198. The number of aromatic amines is 2. The summed E-state index contributed by atoms with van der Waals surface area (Å²) in [5.74, 6) is 1.69. The number of H-pyrrole nitrogens is 2. The van der Waals surface area contributed by atoms with Gasteiger partial charge in [0.1, 0.15) is 11.0 Å². The highest BCUT2D eigenvalue weighted by Crippen LogP contribution is 2.37. The summed E-state index contributed by atoms with van der Waals surface area (Å²) < 4.78 is 0. The van der Waals surface area contributed by atoms with Crippen molar-refractivity contribution in [2.75, 3.05) is 16.8 Å². The molecule has 1 amide bonds. The van der Waals surface area contributed by atoms with Gasteiger partial charge in [-0.05, 0) is 49.4 Å². The van der Waals surface area contributed by atoms with Gasteiger partial charge in [-0.15, -0.1) is 0 Å². The monoisotopic (exact) mass is 450 g/mol. The second-order valence-electron chi connectivity index (χ2n) is 9.03. The van der Waals surface area contributed by atoms with Crippen LogP contribution in [0.4, 0.5) is 17.2 Å². The highest BCUT2D eigenvalue weighted by atomic mass is 16.2. The Bertz CT molecular complexity index is 1560. The van der Waals surface area contributed by atoms with Gasteiger partial charge >= 0.3 is 0 Å². The van der Waals surface area contributed by atoms with E-state index in [1.165, 1.54) is 5.56 Å². The molecule has 9 heteroatoms. The maximum atomic E-state index is 12.9. The van der Waals surface area contributed by atoms with E-state index in [2.05, 4.69) is 37.8 Å². The van der Waals surface area contributed by atoms with Crippen molar-refractivity contribution in [3.63, 3.8) is 0 Å². The number of aryl methyl sites for hydroxylation is 1. The average Bonchev–Trinajstić information content (AvgIpc) is 3.41. The predicted molar refractivity (Wildman–Crippen MR) is 130 cm³/mol. The molecule has 1 aliphatic heterocycles. The van der Waals surface area contributed by atoms with Crippen molar-refractivity contribution in [2.45, 2.75) is 25.7 Å². The maximum absolute atomic E-state index is 12.9. The third-order valence-corrected chi connectivity index (χ3v) is 6.66. The molecule has 2 aliphatic rings. The summed E-state index contributed by atoms with van der Waals surface area (Å²) in [5, 5.41) is 18.8. The molecular formula is C25H22N8O. The summed E-state index contributed by atoms with van der Waals surface area (Å²) in [5.41, 5.74) is 6.36. The number of amides is 1. The number of hydrogen-bond acceptors (Lipinski definition) is 6. The van der Waals surface area contributed by atoms with Crippen LogP contribution < -0.4 is 10.2 Å². The second-order valence-corrected chi connectivity index (χ2v) is 9.03. The Labute approximate surface area is 194 Å². The minimum atomic E-state index is 0.198. The van der Waals surface area contributed by atoms with Crippen molar-refractivity contribution in [3.05, 3.63) is 54.4 Å². The van der Waals surface area contributed by atoms with Crippen LogP contribution in [0.25, 0.3) is 33.3 Å². The van der Waals surface area contributed by atoms with E-state index in [0.29, 0.717) is 11.6 Å². The lowest BCUT2D eigenvalue weighted by molar-refractivity contribution is -0.119. The van der Waals surface area contributed by atoms with Gasteiger partial charge in [-0.25, -0.2) is 9.97 Å². The molecule has 1 saturated carbocycles. The van der Waals surface area contributed by atoms with Crippen LogP contribution in [-0.4, -0.2) is 42.8 Å². The highest BCUT2D eigenvalue weighted by Gasteiger charge is 2.35. The second kappa shape index (κ2) is 7.38. The van der Waals surface area contributed by atoms with Crippen LogP contribution in [0, 0.1) is 5.92 Å². The molecular weight excluding hydrogens is 428 g/mol. The number of rotatable bonds is 4. The molecule has 0 bridgehead atoms. The zero-order valence-electron chi connectivity index (χ0n) is 18.4. The standard InChI is InChI=1S/C25H22N8O/c34-25(15-3-4-15)33-9-1-2-14-7-8-18(11-21(14)33)28-24-22-20(13-27-32-22)29-23(30-24)16-5-6-17-12-26-31-19(17)10-16/h5-8,10-13,15H,1-4,9H2,(H,26,31)(H,27,32)(H,28,29,30). The maximum Gasteiger partial charge on any atom is 0.230 e. The molecule has 3 N–H and O–H groups in total. The minimum Gasteiger partial charge on any atom is -0.338 e. The summed E-state index contributed by atoms with van der Waals surface area (Å²) in [6.07, 6.45) is 7.50. The third kappa shape index (κ3) is 3.20. The lowest BCUT2D eigenvalue weighted by Crippen LogP contribution is -2.36. The van der Waals surface area contributed by atoms with Crippen LogP contribution >= 0.6 is 0 Å². The van der Waals surface area contributed by atoms with Crippen LogP contribution in [0.3, 0.4) is 0 Å². The zero-order valence-corrected chi connectivity index (χ0v) is 18.4. The number of aromatic nitrogens is 6. The Balaban J connectivity index is 1.28. The normalized spacial score (nSPS) is 15.6. The van der Waals surface area contributed by atoms with Gasteiger partial charge < -0.3 is 10.2 Å². The van der Waals surface area contributed by atoms with Crippen LogP contribution in [0.15, 0.2) is 48.8 Å². The molecule has 0 radical (unpaired) electrons. The van der Waals surface area contributed by atoms with Gasteiger partial charge in [0.2, 0.25) is 5.91 Å². The lowest BCUT2D eigenvalue weighted by Gasteiger charge is -2.30. The van der Waals surface area contributed by atoms with Crippen molar-refractivity contribution < 1.29 is 4.79 Å². The Morgan fingerprint density at radius 3 is 2.85 bits per heavy atom. The Kier molecular flexibility index (Phi) is 4.17. The van der Waals surface area contributed by atoms with E-state index in [1.54, 1.807) is 12.4 Å². The first-order valence-corrected chi connectivity index (χ1v) is 11.6. The number of nitrogens with zero attached hydrogens (tertiary/aromatic N) is 5. The number of anilines is 3. The van der Waals surface area contributed by atoms with Gasteiger partial charge in [0.25, 0.3) is 0 Å². The Hall–Kier alpha value is -4.27. The van der Waals surface area contributed by atoms with Gasteiger partial charge in [-0.1, -0.05) is 18.2 Å². The molecule has 34 heavy (non-hydrogen) atoms. The molecule has 1 aliphatic carbocycles. The van der Waals surface area contributed by atoms with Crippen molar-refractivity contribution in [2.24, 2.45) is 5.92 Å². The van der Waals surface area contributed by atoms with Gasteiger partial charge in [0.15, 0.2) is 11.6 Å². The molecule has 168 valence electrons. The van der Waals surface area contributed by atoms with Crippen molar-refractivity contribution >= 4 is 45.0 Å². The van der Waals surface area contributed by atoms with Crippen LogP contribution in [0.1, 0.15) is 24.8 Å².